The van der Waals surface area contributed by atoms with Crippen LogP contribution in [-0.4, -0.2) is 12.6 Å². The quantitative estimate of drug-likeness (QED) is 0.730. The van der Waals surface area contributed by atoms with E-state index in [9.17, 15) is 0 Å². The Balaban J connectivity index is 1.46. The second kappa shape index (κ2) is 5.30. The van der Waals surface area contributed by atoms with Gasteiger partial charge in [-0.25, -0.2) is 0 Å². The van der Waals surface area contributed by atoms with Gasteiger partial charge in [-0.1, -0.05) is 32.6 Å². The summed E-state index contributed by atoms with van der Waals surface area (Å²) in [7, 11) is 0. The fourth-order valence-electron chi connectivity index (χ4n) is 4.73. The molecule has 0 radical (unpaired) electrons. The Morgan fingerprint density at radius 3 is 2.59 bits per heavy atom. The zero-order chi connectivity index (χ0) is 11.7. The van der Waals surface area contributed by atoms with Crippen LogP contribution in [0.2, 0.25) is 0 Å². The predicted molar refractivity (Wildman–Crippen MR) is 73.0 cm³/mol. The third-order valence-corrected chi connectivity index (χ3v) is 5.89. The lowest BCUT2D eigenvalue weighted by molar-refractivity contribution is 0.277. The van der Waals surface area contributed by atoms with Gasteiger partial charge in [-0.15, -0.1) is 0 Å². The van der Waals surface area contributed by atoms with E-state index < -0.39 is 0 Å². The highest BCUT2D eigenvalue weighted by Crippen LogP contribution is 2.48. The highest BCUT2D eigenvalue weighted by molar-refractivity contribution is 4.91. The molecule has 0 aromatic heterocycles. The first kappa shape index (κ1) is 12.0. The van der Waals surface area contributed by atoms with Crippen LogP contribution in [-0.2, 0) is 0 Å². The first-order chi connectivity index (χ1) is 8.33. The molecule has 3 aliphatic carbocycles. The number of hydrogen-bond donors (Lipinski definition) is 1. The lowest BCUT2D eigenvalue weighted by Crippen LogP contribution is -2.38. The lowest BCUT2D eigenvalue weighted by atomic mass is 9.88. The summed E-state index contributed by atoms with van der Waals surface area (Å²) in [6.07, 6.45) is 13.5. The normalized spacial score (nSPS) is 46.1. The van der Waals surface area contributed by atoms with Crippen LogP contribution in [0.25, 0.3) is 0 Å². The summed E-state index contributed by atoms with van der Waals surface area (Å²) in [5.41, 5.74) is 0. The Labute approximate surface area is 107 Å². The summed E-state index contributed by atoms with van der Waals surface area (Å²) in [5, 5.41) is 3.94. The summed E-state index contributed by atoms with van der Waals surface area (Å²) in [6.45, 7) is 3.79. The summed E-state index contributed by atoms with van der Waals surface area (Å²) in [4.78, 5) is 0. The van der Waals surface area contributed by atoms with Gasteiger partial charge in [-0.2, -0.15) is 0 Å². The molecule has 3 fully saturated rings. The van der Waals surface area contributed by atoms with E-state index >= 15 is 0 Å². The largest absolute Gasteiger partial charge is 0.313 e. The zero-order valence-corrected chi connectivity index (χ0v) is 11.5. The molecule has 3 rings (SSSR count). The Kier molecular flexibility index (Phi) is 3.75. The van der Waals surface area contributed by atoms with Gasteiger partial charge in [-0.3, -0.25) is 0 Å². The maximum atomic E-state index is 3.94. The summed E-state index contributed by atoms with van der Waals surface area (Å²) in [6, 6.07) is 0.830. The highest BCUT2D eigenvalue weighted by Gasteiger charge is 2.39. The van der Waals surface area contributed by atoms with Crippen LogP contribution in [0.1, 0.15) is 64.7 Å². The van der Waals surface area contributed by atoms with Crippen molar-refractivity contribution in [2.75, 3.05) is 6.54 Å². The Morgan fingerprint density at radius 1 is 0.941 bits per heavy atom. The molecular formula is C16H29N. The minimum Gasteiger partial charge on any atom is -0.313 e. The molecule has 1 N–H and O–H groups in total. The van der Waals surface area contributed by atoms with Crippen molar-refractivity contribution in [1.82, 2.24) is 5.32 Å². The van der Waals surface area contributed by atoms with Crippen LogP contribution in [0, 0.1) is 23.7 Å². The first-order valence-corrected chi connectivity index (χ1v) is 8.06. The first-order valence-electron chi connectivity index (χ1n) is 8.06. The molecule has 3 saturated carbocycles. The van der Waals surface area contributed by atoms with Crippen molar-refractivity contribution in [3.05, 3.63) is 0 Å². The molecule has 0 saturated heterocycles. The maximum absolute atomic E-state index is 3.94. The van der Waals surface area contributed by atoms with Crippen LogP contribution in [0.5, 0.6) is 0 Å². The van der Waals surface area contributed by atoms with E-state index in [2.05, 4.69) is 12.2 Å². The van der Waals surface area contributed by atoms with Crippen molar-refractivity contribution < 1.29 is 0 Å². The van der Waals surface area contributed by atoms with Crippen molar-refractivity contribution >= 4 is 0 Å². The van der Waals surface area contributed by atoms with E-state index in [1.54, 1.807) is 19.3 Å². The fraction of sp³-hybridized carbons (Fsp3) is 1.00. The van der Waals surface area contributed by atoms with Gasteiger partial charge in [-0.05, 0) is 62.3 Å². The van der Waals surface area contributed by atoms with Crippen LogP contribution in [0.3, 0.4) is 0 Å². The van der Waals surface area contributed by atoms with E-state index in [-0.39, 0.29) is 0 Å². The monoisotopic (exact) mass is 235 g/mol. The Hall–Kier alpha value is -0.0400. The van der Waals surface area contributed by atoms with Gasteiger partial charge in [0, 0.05) is 6.04 Å². The molecule has 98 valence electrons. The molecule has 0 aromatic rings. The number of hydrogen-bond acceptors (Lipinski definition) is 1. The van der Waals surface area contributed by atoms with Gasteiger partial charge in [0.1, 0.15) is 0 Å². The molecule has 0 aliphatic heterocycles. The van der Waals surface area contributed by atoms with Crippen LogP contribution in [0.4, 0.5) is 0 Å². The standard InChI is InChI=1S/C16H29N/c1-12-5-3-2-4-6-16(12)17-11-15-10-13-7-8-14(15)9-13/h12-17H,2-11H2,1H3. The topological polar surface area (TPSA) is 12.0 Å². The van der Waals surface area contributed by atoms with Crippen molar-refractivity contribution in [2.24, 2.45) is 23.7 Å². The van der Waals surface area contributed by atoms with Crippen LogP contribution in [0.15, 0.2) is 0 Å². The van der Waals surface area contributed by atoms with E-state index in [4.69, 9.17) is 0 Å². The molecular weight excluding hydrogens is 206 g/mol. The zero-order valence-electron chi connectivity index (χ0n) is 11.5. The molecule has 2 bridgehead atoms. The molecule has 3 aliphatic rings. The van der Waals surface area contributed by atoms with Gasteiger partial charge in [0.2, 0.25) is 0 Å². The molecule has 0 aromatic carbocycles. The third-order valence-electron chi connectivity index (χ3n) is 5.89. The van der Waals surface area contributed by atoms with Crippen molar-refractivity contribution in [2.45, 2.75) is 70.8 Å². The molecule has 5 atom stereocenters. The van der Waals surface area contributed by atoms with Crippen molar-refractivity contribution in [3.8, 4) is 0 Å². The summed E-state index contributed by atoms with van der Waals surface area (Å²) >= 11 is 0. The van der Waals surface area contributed by atoms with E-state index in [1.165, 1.54) is 45.1 Å². The number of fused-ring (bicyclic) bond motifs is 2. The molecule has 0 spiro atoms. The third kappa shape index (κ3) is 2.70. The van der Waals surface area contributed by atoms with E-state index in [0.717, 1.165) is 29.7 Å². The van der Waals surface area contributed by atoms with Crippen LogP contribution < -0.4 is 5.32 Å². The predicted octanol–water partition coefficient (Wildman–Crippen LogP) is 3.98. The number of rotatable bonds is 3. The van der Waals surface area contributed by atoms with Gasteiger partial charge in [0.15, 0.2) is 0 Å². The van der Waals surface area contributed by atoms with Gasteiger partial charge >= 0.3 is 0 Å². The maximum Gasteiger partial charge on any atom is 0.00928 e. The Morgan fingerprint density at radius 2 is 1.82 bits per heavy atom. The molecule has 17 heavy (non-hydrogen) atoms. The van der Waals surface area contributed by atoms with E-state index in [0.29, 0.717) is 0 Å². The van der Waals surface area contributed by atoms with Crippen LogP contribution >= 0.6 is 0 Å². The second-order valence-corrected chi connectivity index (χ2v) is 7.06. The molecule has 0 heterocycles. The average molecular weight is 235 g/mol. The average Bonchev–Trinajstić information content (AvgIpc) is 2.88. The fourth-order valence-corrected chi connectivity index (χ4v) is 4.73. The van der Waals surface area contributed by atoms with E-state index in [1.807, 2.05) is 0 Å². The molecule has 5 unspecified atom stereocenters. The molecule has 1 heteroatoms. The lowest BCUT2D eigenvalue weighted by Gasteiger charge is -2.28. The Bertz CT molecular complexity index is 250. The molecule has 1 nitrogen and oxygen atoms in total. The van der Waals surface area contributed by atoms with Gasteiger partial charge in [0.05, 0.1) is 0 Å². The highest BCUT2D eigenvalue weighted by atomic mass is 14.9. The summed E-state index contributed by atoms with van der Waals surface area (Å²) < 4.78 is 0. The SMILES string of the molecule is CC1CCCCCC1NCC1CC2CCC1C2. The minimum atomic E-state index is 0.830. The number of nitrogens with one attached hydrogen (secondary N) is 1. The van der Waals surface area contributed by atoms with Gasteiger partial charge in [0.25, 0.3) is 0 Å². The summed E-state index contributed by atoms with van der Waals surface area (Å²) in [5.74, 6) is 4.15. The van der Waals surface area contributed by atoms with Crippen molar-refractivity contribution in [1.29, 1.82) is 0 Å². The minimum absolute atomic E-state index is 0.830. The van der Waals surface area contributed by atoms with Gasteiger partial charge < -0.3 is 5.32 Å². The smallest absolute Gasteiger partial charge is 0.00928 e. The second-order valence-electron chi connectivity index (χ2n) is 7.06. The molecule has 0 amide bonds. The van der Waals surface area contributed by atoms with Crippen molar-refractivity contribution in [3.63, 3.8) is 0 Å².